The van der Waals surface area contributed by atoms with Crippen LogP contribution >= 0.6 is 11.8 Å². The van der Waals surface area contributed by atoms with Crippen LogP contribution in [0.3, 0.4) is 0 Å². The van der Waals surface area contributed by atoms with Crippen LogP contribution in [0, 0.1) is 0 Å². The van der Waals surface area contributed by atoms with Crippen molar-refractivity contribution in [1.29, 1.82) is 0 Å². The van der Waals surface area contributed by atoms with Crippen molar-refractivity contribution in [3.63, 3.8) is 0 Å². The number of benzene rings is 1. The van der Waals surface area contributed by atoms with Gasteiger partial charge in [0.15, 0.2) is 0 Å². The predicted octanol–water partition coefficient (Wildman–Crippen LogP) is 1.98. The van der Waals surface area contributed by atoms with Gasteiger partial charge in [-0.05, 0) is 30.5 Å². The number of ether oxygens (including phenoxy) is 1. The summed E-state index contributed by atoms with van der Waals surface area (Å²) in [5, 5.41) is 2.99. The summed E-state index contributed by atoms with van der Waals surface area (Å²) in [6, 6.07) is 5.72. The van der Waals surface area contributed by atoms with Crippen LogP contribution in [0.5, 0.6) is 5.75 Å². The number of hydrogen-bond donors (Lipinski definition) is 1. The van der Waals surface area contributed by atoms with Crippen LogP contribution in [0.2, 0.25) is 0 Å². The number of thioether (sulfide) groups is 1. The Morgan fingerprint density at radius 1 is 1.46 bits per heavy atom. The summed E-state index contributed by atoms with van der Waals surface area (Å²) < 4.78 is 5.50. The number of nitrogens with one attached hydrogen (secondary N) is 1. The minimum absolute atomic E-state index is 0.0168. The molecule has 0 bridgehead atoms. The predicted molar refractivity (Wildman–Crippen MR) is 95.2 cm³/mol. The van der Waals surface area contributed by atoms with Gasteiger partial charge in [-0.25, -0.2) is 0 Å². The minimum atomic E-state index is -0.353. The molecule has 5 nitrogen and oxygen atoms in total. The molecule has 2 amide bonds. The maximum absolute atomic E-state index is 12.7. The van der Waals surface area contributed by atoms with Crippen molar-refractivity contribution in [1.82, 2.24) is 10.2 Å². The van der Waals surface area contributed by atoms with Gasteiger partial charge in [-0.15, -0.1) is 11.8 Å². The first kappa shape index (κ1) is 17.1. The van der Waals surface area contributed by atoms with Crippen LogP contribution in [-0.4, -0.2) is 47.0 Å². The van der Waals surface area contributed by atoms with Crippen molar-refractivity contribution in [3.05, 3.63) is 29.3 Å². The highest BCUT2D eigenvalue weighted by Gasteiger charge is 2.34. The van der Waals surface area contributed by atoms with Crippen molar-refractivity contribution in [3.8, 4) is 5.75 Å². The van der Waals surface area contributed by atoms with Crippen LogP contribution in [0.1, 0.15) is 31.4 Å². The van der Waals surface area contributed by atoms with Gasteiger partial charge in [0.1, 0.15) is 11.8 Å². The Kier molecular flexibility index (Phi) is 5.33. The lowest BCUT2D eigenvalue weighted by molar-refractivity contribution is -0.137. The third kappa shape index (κ3) is 3.69. The molecule has 0 radical (unpaired) electrons. The zero-order valence-electron chi connectivity index (χ0n) is 14.2. The van der Waals surface area contributed by atoms with E-state index in [0.29, 0.717) is 24.7 Å². The summed E-state index contributed by atoms with van der Waals surface area (Å²) in [5.74, 6) is 2.17. The summed E-state index contributed by atoms with van der Waals surface area (Å²) in [6.07, 6.45) is 2.12. The monoisotopic (exact) mass is 348 g/mol. The zero-order chi connectivity index (χ0) is 17.1. The Bertz CT molecular complexity index is 635. The second kappa shape index (κ2) is 7.47. The highest BCUT2D eigenvalue weighted by molar-refractivity contribution is 7.99. The van der Waals surface area contributed by atoms with Crippen molar-refractivity contribution >= 4 is 23.6 Å². The van der Waals surface area contributed by atoms with E-state index < -0.39 is 0 Å². The summed E-state index contributed by atoms with van der Waals surface area (Å²) in [6.45, 7) is 4.74. The van der Waals surface area contributed by atoms with Gasteiger partial charge >= 0.3 is 0 Å². The Balaban J connectivity index is 1.64. The number of hydrogen-bond acceptors (Lipinski definition) is 4. The van der Waals surface area contributed by atoms with Crippen LogP contribution < -0.4 is 10.1 Å². The third-order valence-electron chi connectivity index (χ3n) is 4.62. The SMILES string of the molecule is CCC(C)NC(=O)C1CSCN1C(=O)Cc1ccc2c(c1)CCO2. The number of carbonyl (C=O) groups excluding carboxylic acids is 2. The van der Waals surface area contributed by atoms with Crippen LogP contribution in [0.4, 0.5) is 0 Å². The molecule has 0 aliphatic carbocycles. The molecule has 1 fully saturated rings. The first-order valence-corrected chi connectivity index (χ1v) is 9.66. The lowest BCUT2D eigenvalue weighted by Crippen LogP contribution is -2.49. The highest BCUT2D eigenvalue weighted by atomic mass is 32.2. The molecular weight excluding hydrogens is 324 g/mol. The molecule has 1 saturated heterocycles. The normalized spacial score (nSPS) is 20.4. The van der Waals surface area contributed by atoms with E-state index in [2.05, 4.69) is 11.4 Å². The number of carbonyl (C=O) groups is 2. The topological polar surface area (TPSA) is 58.6 Å². The van der Waals surface area contributed by atoms with Gasteiger partial charge in [0, 0.05) is 18.2 Å². The van der Waals surface area contributed by atoms with Crippen molar-refractivity contribution in [2.75, 3.05) is 18.2 Å². The van der Waals surface area contributed by atoms with Crippen LogP contribution in [0.15, 0.2) is 18.2 Å². The molecule has 2 atom stereocenters. The van der Waals surface area contributed by atoms with Gasteiger partial charge in [0.05, 0.1) is 18.9 Å². The molecule has 24 heavy (non-hydrogen) atoms. The smallest absolute Gasteiger partial charge is 0.243 e. The van der Waals surface area contributed by atoms with E-state index >= 15 is 0 Å². The van der Waals surface area contributed by atoms with Crippen molar-refractivity contribution in [2.45, 2.75) is 45.2 Å². The number of nitrogens with zero attached hydrogens (tertiary/aromatic N) is 1. The molecule has 2 aliphatic rings. The summed E-state index contributed by atoms with van der Waals surface area (Å²) in [4.78, 5) is 26.8. The van der Waals surface area contributed by atoms with Gasteiger partial charge in [-0.2, -0.15) is 0 Å². The summed E-state index contributed by atoms with van der Waals surface area (Å²) in [5.41, 5.74) is 2.16. The molecule has 2 aliphatic heterocycles. The van der Waals surface area contributed by atoms with Gasteiger partial charge in [0.25, 0.3) is 0 Å². The Morgan fingerprint density at radius 3 is 3.08 bits per heavy atom. The lowest BCUT2D eigenvalue weighted by Gasteiger charge is -2.24. The lowest BCUT2D eigenvalue weighted by atomic mass is 10.1. The highest BCUT2D eigenvalue weighted by Crippen LogP contribution is 2.27. The zero-order valence-corrected chi connectivity index (χ0v) is 15.0. The maximum Gasteiger partial charge on any atom is 0.243 e. The Morgan fingerprint density at radius 2 is 2.29 bits per heavy atom. The van der Waals surface area contributed by atoms with Crippen LogP contribution in [-0.2, 0) is 22.4 Å². The molecule has 2 heterocycles. The third-order valence-corrected chi connectivity index (χ3v) is 5.63. The largest absolute Gasteiger partial charge is 0.493 e. The fraction of sp³-hybridized carbons (Fsp3) is 0.556. The summed E-state index contributed by atoms with van der Waals surface area (Å²) >= 11 is 1.64. The van der Waals surface area contributed by atoms with Crippen LogP contribution in [0.25, 0.3) is 0 Å². The second-order valence-corrected chi connectivity index (χ2v) is 7.41. The molecule has 130 valence electrons. The first-order valence-electron chi connectivity index (χ1n) is 8.50. The Hall–Kier alpha value is -1.69. The van der Waals surface area contributed by atoms with E-state index in [9.17, 15) is 9.59 Å². The van der Waals surface area contributed by atoms with E-state index in [0.717, 1.165) is 24.2 Å². The van der Waals surface area contributed by atoms with E-state index in [1.807, 2.05) is 26.0 Å². The van der Waals surface area contributed by atoms with Crippen molar-refractivity contribution in [2.24, 2.45) is 0 Å². The molecule has 1 aromatic carbocycles. The van der Waals surface area contributed by atoms with Gasteiger partial charge < -0.3 is 15.0 Å². The van der Waals surface area contributed by atoms with Gasteiger partial charge in [-0.3, -0.25) is 9.59 Å². The molecular formula is C18H24N2O3S. The van der Waals surface area contributed by atoms with E-state index in [4.69, 9.17) is 4.74 Å². The second-order valence-electron chi connectivity index (χ2n) is 6.41. The molecule has 1 N–H and O–H groups in total. The van der Waals surface area contributed by atoms with E-state index in [-0.39, 0.29) is 23.9 Å². The summed E-state index contributed by atoms with van der Waals surface area (Å²) in [7, 11) is 0. The molecule has 0 aromatic heterocycles. The van der Waals surface area contributed by atoms with E-state index in [1.165, 1.54) is 5.56 Å². The Labute approximate surface area is 147 Å². The quantitative estimate of drug-likeness (QED) is 0.884. The average molecular weight is 348 g/mol. The first-order chi connectivity index (χ1) is 11.6. The van der Waals surface area contributed by atoms with Gasteiger partial charge in [-0.1, -0.05) is 19.1 Å². The molecule has 1 aromatic rings. The minimum Gasteiger partial charge on any atom is -0.493 e. The van der Waals surface area contributed by atoms with E-state index in [1.54, 1.807) is 16.7 Å². The molecule has 2 unspecified atom stereocenters. The molecule has 0 spiro atoms. The average Bonchev–Trinajstić information content (AvgIpc) is 3.23. The fourth-order valence-corrected chi connectivity index (χ4v) is 4.15. The molecule has 3 rings (SSSR count). The molecule has 6 heteroatoms. The standard InChI is InChI=1S/C18H24N2O3S/c1-3-12(2)19-18(22)15-10-24-11-20(15)17(21)9-13-4-5-16-14(8-13)6-7-23-16/h4-5,8,12,15H,3,6-7,9-11H2,1-2H3,(H,19,22). The maximum atomic E-state index is 12.7. The van der Waals surface area contributed by atoms with Gasteiger partial charge in [0.2, 0.25) is 11.8 Å². The fourth-order valence-electron chi connectivity index (χ4n) is 2.97. The number of amides is 2. The van der Waals surface area contributed by atoms with Crippen molar-refractivity contribution < 1.29 is 14.3 Å². The number of rotatable bonds is 5. The molecule has 0 saturated carbocycles. The number of fused-ring (bicyclic) bond motifs is 1.